The van der Waals surface area contributed by atoms with Gasteiger partial charge >= 0.3 is 6.18 Å². The third kappa shape index (κ3) is 2.97. The molecule has 2 aromatic heterocycles. The number of aromatic nitrogens is 4. The van der Waals surface area contributed by atoms with Crippen LogP contribution in [0.3, 0.4) is 0 Å². The van der Waals surface area contributed by atoms with Crippen LogP contribution in [0.4, 0.5) is 18.3 Å². The van der Waals surface area contributed by atoms with Crippen molar-refractivity contribution in [3.8, 4) is 0 Å². The second-order valence-corrected chi connectivity index (χ2v) is 5.42. The lowest BCUT2D eigenvalue weighted by molar-refractivity contribution is -0.137. The standard InChI is InChI=1S/C12H10F3N5S/c1-20-6-17-10(19-20)5-16-11-18-8-4-7(12(13,14)15)2-3-9(8)21-11/h2-4,6H,5H2,1H3,(H,16,18). The number of nitrogens with zero attached hydrogens (tertiary/aromatic N) is 4. The third-order valence-corrected chi connectivity index (χ3v) is 3.75. The number of rotatable bonds is 3. The van der Waals surface area contributed by atoms with E-state index in [2.05, 4.69) is 20.4 Å². The molecule has 110 valence electrons. The summed E-state index contributed by atoms with van der Waals surface area (Å²) in [5.74, 6) is 0.590. The van der Waals surface area contributed by atoms with Gasteiger partial charge in [0.15, 0.2) is 11.0 Å². The Hall–Kier alpha value is -2.16. The van der Waals surface area contributed by atoms with E-state index in [0.717, 1.165) is 12.1 Å². The number of hydrogen-bond acceptors (Lipinski definition) is 5. The number of alkyl halides is 3. The SMILES string of the molecule is Cn1cnc(CNc2nc3cc(C(F)(F)F)ccc3s2)n1. The van der Waals surface area contributed by atoms with Gasteiger partial charge in [0.05, 0.1) is 22.3 Å². The fourth-order valence-electron chi connectivity index (χ4n) is 1.80. The first-order valence-corrected chi connectivity index (χ1v) is 6.79. The normalized spacial score (nSPS) is 12.0. The van der Waals surface area contributed by atoms with Crippen LogP contribution in [0.5, 0.6) is 0 Å². The van der Waals surface area contributed by atoms with Crippen LogP contribution in [-0.2, 0) is 19.8 Å². The molecule has 1 N–H and O–H groups in total. The number of nitrogens with one attached hydrogen (secondary N) is 1. The molecule has 0 fully saturated rings. The van der Waals surface area contributed by atoms with Crippen molar-refractivity contribution in [3.05, 3.63) is 35.9 Å². The molecule has 0 atom stereocenters. The molecular weight excluding hydrogens is 303 g/mol. The Kier molecular flexibility index (Phi) is 3.28. The fraction of sp³-hybridized carbons (Fsp3) is 0.250. The number of thiazole rings is 1. The Morgan fingerprint density at radius 3 is 2.81 bits per heavy atom. The van der Waals surface area contributed by atoms with Crippen molar-refractivity contribution >= 4 is 26.7 Å². The Balaban J connectivity index is 1.80. The summed E-state index contributed by atoms with van der Waals surface area (Å²) in [6.07, 6.45) is -2.78. The monoisotopic (exact) mass is 313 g/mol. The molecule has 0 aliphatic heterocycles. The van der Waals surface area contributed by atoms with E-state index in [1.165, 1.54) is 17.4 Å². The Morgan fingerprint density at radius 1 is 1.33 bits per heavy atom. The molecule has 1 aromatic carbocycles. The number of anilines is 1. The topological polar surface area (TPSA) is 55.6 Å². The maximum Gasteiger partial charge on any atom is 0.416 e. The highest BCUT2D eigenvalue weighted by atomic mass is 32.1. The number of fused-ring (bicyclic) bond motifs is 1. The summed E-state index contributed by atoms with van der Waals surface area (Å²) in [5, 5.41) is 7.65. The first-order valence-electron chi connectivity index (χ1n) is 5.98. The van der Waals surface area contributed by atoms with Gasteiger partial charge in [-0.2, -0.15) is 18.3 Å². The molecular formula is C12H10F3N5S. The summed E-state index contributed by atoms with van der Waals surface area (Å²) in [4.78, 5) is 8.20. The van der Waals surface area contributed by atoms with Gasteiger partial charge < -0.3 is 5.32 Å². The first kappa shape index (κ1) is 13.8. The van der Waals surface area contributed by atoms with Gasteiger partial charge in [-0.15, -0.1) is 0 Å². The predicted octanol–water partition coefficient (Wildman–Crippen LogP) is 3.06. The van der Waals surface area contributed by atoms with E-state index < -0.39 is 11.7 Å². The van der Waals surface area contributed by atoms with Crippen LogP contribution >= 0.6 is 11.3 Å². The number of benzene rings is 1. The second kappa shape index (κ2) is 4.99. The van der Waals surface area contributed by atoms with Crippen LogP contribution in [0.15, 0.2) is 24.5 Å². The minimum atomic E-state index is -4.36. The first-order chi connectivity index (χ1) is 9.91. The molecule has 0 saturated carbocycles. The largest absolute Gasteiger partial charge is 0.416 e. The Bertz CT molecular complexity index is 777. The van der Waals surface area contributed by atoms with E-state index in [0.29, 0.717) is 27.7 Å². The van der Waals surface area contributed by atoms with Crippen LogP contribution in [0.25, 0.3) is 10.2 Å². The van der Waals surface area contributed by atoms with Crippen molar-refractivity contribution in [3.63, 3.8) is 0 Å². The lowest BCUT2D eigenvalue weighted by Crippen LogP contribution is -2.04. The molecule has 5 nitrogen and oxygen atoms in total. The van der Waals surface area contributed by atoms with Crippen LogP contribution < -0.4 is 5.32 Å². The predicted molar refractivity (Wildman–Crippen MR) is 73.0 cm³/mol. The Morgan fingerprint density at radius 2 is 2.14 bits per heavy atom. The van der Waals surface area contributed by atoms with E-state index >= 15 is 0 Å². The molecule has 21 heavy (non-hydrogen) atoms. The van der Waals surface area contributed by atoms with Gasteiger partial charge in [-0.3, -0.25) is 4.68 Å². The van der Waals surface area contributed by atoms with Crippen molar-refractivity contribution in [2.45, 2.75) is 12.7 Å². The molecule has 0 saturated heterocycles. The molecule has 0 aliphatic carbocycles. The number of aryl methyl sites for hydroxylation is 1. The summed E-state index contributed by atoms with van der Waals surface area (Å²) in [6, 6.07) is 3.54. The fourth-order valence-corrected chi connectivity index (χ4v) is 2.64. The lowest BCUT2D eigenvalue weighted by Gasteiger charge is -2.04. The molecule has 0 spiro atoms. The summed E-state index contributed by atoms with van der Waals surface area (Å²) in [6.45, 7) is 0.368. The Labute approximate surface area is 121 Å². The molecule has 9 heteroatoms. The zero-order valence-electron chi connectivity index (χ0n) is 10.8. The zero-order valence-corrected chi connectivity index (χ0v) is 11.7. The quantitative estimate of drug-likeness (QED) is 0.807. The zero-order chi connectivity index (χ0) is 15.0. The van der Waals surface area contributed by atoms with Gasteiger partial charge in [-0.25, -0.2) is 9.97 Å². The highest BCUT2D eigenvalue weighted by molar-refractivity contribution is 7.22. The molecule has 3 aromatic rings. The van der Waals surface area contributed by atoms with Crippen LogP contribution in [0.1, 0.15) is 11.4 Å². The van der Waals surface area contributed by atoms with Crippen molar-refractivity contribution in [1.82, 2.24) is 19.7 Å². The molecule has 0 aliphatic rings. The van der Waals surface area contributed by atoms with Crippen LogP contribution in [0, 0.1) is 0 Å². The third-order valence-electron chi connectivity index (χ3n) is 2.76. The summed E-state index contributed by atoms with van der Waals surface area (Å²) < 4.78 is 40.2. The molecule has 3 rings (SSSR count). The van der Waals surface area contributed by atoms with E-state index in [4.69, 9.17) is 0 Å². The summed E-state index contributed by atoms with van der Waals surface area (Å²) in [7, 11) is 1.76. The van der Waals surface area contributed by atoms with E-state index in [9.17, 15) is 13.2 Å². The molecule has 0 amide bonds. The van der Waals surface area contributed by atoms with Crippen LogP contribution in [-0.4, -0.2) is 19.7 Å². The molecule has 0 radical (unpaired) electrons. The lowest BCUT2D eigenvalue weighted by atomic mass is 10.2. The van der Waals surface area contributed by atoms with E-state index in [-0.39, 0.29) is 0 Å². The maximum absolute atomic E-state index is 12.6. The van der Waals surface area contributed by atoms with Gasteiger partial charge in [0.2, 0.25) is 0 Å². The molecule has 0 unspecified atom stereocenters. The van der Waals surface area contributed by atoms with Gasteiger partial charge in [0.25, 0.3) is 0 Å². The van der Waals surface area contributed by atoms with E-state index in [1.807, 2.05) is 0 Å². The molecule has 0 bridgehead atoms. The minimum Gasteiger partial charge on any atom is -0.354 e. The average Bonchev–Trinajstić information content (AvgIpc) is 2.99. The smallest absolute Gasteiger partial charge is 0.354 e. The second-order valence-electron chi connectivity index (χ2n) is 4.39. The highest BCUT2D eigenvalue weighted by Gasteiger charge is 2.30. The number of hydrogen-bond donors (Lipinski definition) is 1. The summed E-state index contributed by atoms with van der Waals surface area (Å²) >= 11 is 1.29. The van der Waals surface area contributed by atoms with Gasteiger partial charge in [0, 0.05) is 7.05 Å². The van der Waals surface area contributed by atoms with Gasteiger partial charge in [-0.05, 0) is 18.2 Å². The van der Waals surface area contributed by atoms with Crippen molar-refractivity contribution < 1.29 is 13.2 Å². The van der Waals surface area contributed by atoms with Crippen molar-refractivity contribution in [1.29, 1.82) is 0 Å². The van der Waals surface area contributed by atoms with Gasteiger partial charge in [-0.1, -0.05) is 11.3 Å². The summed E-state index contributed by atoms with van der Waals surface area (Å²) in [5.41, 5.74) is -0.371. The van der Waals surface area contributed by atoms with Crippen LogP contribution in [0.2, 0.25) is 0 Å². The van der Waals surface area contributed by atoms with Crippen molar-refractivity contribution in [2.24, 2.45) is 7.05 Å². The number of halogens is 3. The van der Waals surface area contributed by atoms with Crippen molar-refractivity contribution in [2.75, 3.05) is 5.32 Å². The minimum absolute atomic E-state index is 0.325. The average molecular weight is 313 g/mol. The van der Waals surface area contributed by atoms with Gasteiger partial charge in [0.1, 0.15) is 6.33 Å². The highest BCUT2D eigenvalue weighted by Crippen LogP contribution is 2.33. The van der Waals surface area contributed by atoms with E-state index in [1.54, 1.807) is 18.1 Å². The molecule has 2 heterocycles. The maximum atomic E-state index is 12.6.